The van der Waals surface area contributed by atoms with Crippen molar-refractivity contribution in [3.8, 4) is 0 Å². The van der Waals surface area contributed by atoms with Crippen LogP contribution in [0.25, 0.3) is 0 Å². The van der Waals surface area contributed by atoms with E-state index in [-0.39, 0.29) is 0 Å². The van der Waals surface area contributed by atoms with Crippen molar-refractivity contribution in [1.29, 1.82) is 0 Å². The molecule has 2 heteroatoms. The molecule has 1 aromatic carbocycles. The lowest BCUT2D eigenvalue weighted by atomic mass is 9.95. The molecule has 0 spiro atoms. The summed E-state index contributed by atoms with van der Waals surface area (Å²) in [6.07, 6.45) is 8.02. The Morgan fingerprint density at radius 1 is 1.20 bits per heavy atom. The van der Waals surface area contributed by atoms with Gasteiger partial charge in [-0.15, -0.1) is 0 Å². The molecule has 2 aliphatic rings. The van der Waals surface area contributed by atoms with Gasteiger partial charge in [0.15, 0.2) is 0 Å². The van der Waals surface area contributed by atoms with Gasteiger partial charge in [-0.3, -0.25) is 4.90 Å². The van der Waals surface area contributed by atoms with Crippen molar-refractivity contribution in [2.45, 2.75) is 64.1 Å². The molecular weight excluding hydrogens is 244 g/mol. The monoisotopic (exact) mass is 272 g/mol. The second kappa shape index (κ2) is 6.28. The summed E-state index contributed by atoms with van der Waals surface area (Å²) < 4.78 is 0. The van der Waals surface area contributed by atoms with Gasteiger partial charge in [-0.2, -0.15) is 0 Å². The number of nitrogens with one attached hydrogen (secondary N) is 1. The summed E-state index contributed by atoms with van der Waals surface area (Å²) in [6, 6.07) is 8.49. The fourth-order valence-corrected chi connectivity index (χ4v) is 3.93. The highest BCUT2D eigenvalue weighted by Crippen LogP contribution is 2.26. The van der Waals surface area contributed by atoms with Crippen LogP contribution in [0, 0.1) is 0 Å². The van der Waals surface area contributed by atoms with Gasteiger partial charge in [-0.1, -0.05) is 24.6 Å². The third-order valence-corrected chi connectivity index (χ3v) is 5.25. The lowest BCUT2D eigenvalue weighted by Gasteiger charge is -2.39. The van der Waals surface area contributed by atoms with Crippen molar-refractivity contribution in [1.82, 2.24) is 10.2 Å². The van der Waals surface area contributed by atoms with Gasteiger partial charge in [0, 0.05) is 18.6 Å². The van der Waals surface area contributed by atoms with E-state index >= 15 is 0 Å². The number of nitrogens with zero attached hydrogens (tertiary/aromatic N) is 1. The number of rotatable bonds is 4. The molecule has 0 aromatic heterocycles. The van der Waals surface area contributed by atoms with Crippen LogP contribution in [0.1, 0.15) is 49.3 Å². The number of piperidine rings is 1. The second-order valence-electron chi connectivity index (χ2n) is 6.57. The molecule has 2 atom stereocenters. The molecule has 3 rings (SSSR count). The first kappa shape index (κ1) is 14.1. The van der Waals surface area contributed by atoms with E-state index in [4.69, 9.17) is 0 Å². The Labute approximate surface area is 123 Å². The smallest absolute Gasteiger partial charge is 0.0250 e. The predicted molar refractivity (Wildman–Crippen MR) is 85.0 cm³/mol. The average Bonchev–Trinajstić information content (AvgIpc) is 2.94. The van der Waals surface area contributed by atoms with E-state index < -0.39 is 0 Å². The molecule has 0 radical (unpaired) electrons. The van der Waals surface area contributed by atoms with Crippen molar-refractivity contribution in [3.05, 3.63) is 34.9 Å². The molecule has 2 unspecified atom stereocenters. The van der Waals surface area contributed by atoms with Crippen molar-refractivity contribution in [3.63, 3.8) is 0 Å². The highest BCUT2D eigenvalue weighted by molar-refractivity contribution is 5.35. The Balaban J connectivity index is 1.71. The molecule has 0 amide bonds. The van der Waals surface area contributed by atoms with Gasteiger partial charge in [0.2, 0.25) is 0 Å². The fraction of sp³-hybridized carbons (Fsp3) is 0.667. The average molecular weight is 272 g/mol. The molecule has 20 heavy (non-hydrogen) atoms. The molecule has 0 bridgehead atoms. The maximum Gasteiger partial charge on any atom is 0.0250 e. The molecule has 1 heterocycles. The van der Waals surface area contributed by atoms with E-state index in [1.165, 1.54) is 50.6 Å². The van der Waals surface area contributed by atoms with Crippen molar-refractivity contribution >= 4 is 0 Å². The number of likely N-dealkylation sites (tertiary alicyclic amines) is 1. The Kier molecular flexibility index (Phi) is 4.42. The number of likely N-dealkylation sites (N-methyl/N-ethyl adjacent to an activating group) is 1. The standard InChI is InChI=1S/C18H28N2/c1-14(19-2)18-8-3-4-11-20(18)13-15-9-10-16-6-5-7-17(16)12-15/h9-10,12,14,18-19H,3-8,11,13H2,1-2H3. The summed E-state index contributed by atoms with van der Waals surface area (Å²) in [6.45, 7) is 4.71. The minimum absolute atomic E-state index is 0.588. The van der Waals surface area contributed by atoms with E-state index in [1.54, 1.807) is 11.1 Å². The largest absolute Gasteiger partial charge is 0.316 e. The SMILES string of the molecule is CNC(C)C1CCCCN1Cc1ccc2c(c1)CCC2. The van der Waals surface area contributed by atoms with Crippen LogP contribution in [0.2, 0.25) is 0 Å². The Bertz CT molecular complexity index is 455. The Hall–Kier alpha value is -0.860. The molecule has 1 aliphatic heterocycles. The maximum absolute atomic E-state index is 3.45. The highest BCUT2D eigenvalue weighted by Gasteiger charge is 2.26. The van der Waals surface area contributed by atoms with Crippen LogP contribution >= 0.6 is 0 Å². The first-order valence-electron chi connectivity index (χ1n) is 8.30. The van der Waals surface area contributed by atoms with Crippen LogP contribution in [-0.2, 0) is 19.4 Å². The van der Waals surface area contributed by atoms with E-state index in [1.807, 2.05) is 0 Å². The van der Waals surface area contributed by atoms with Crippen LogP contribution in [-0.4, -0.2) is 30.6 Å². The highest BCUT2D eigenvalue weighted by atomic mass is 15.2. The van der Waals surface area contributed by atoms with E-state index in [0.29, 0.717) is 12.1 Å². The van der Waals surface area contributed by atoms with Gasteiger partial charge in [-0.25, -0.2) is 0 Å². The molecule has 1 aliphatic carbocycles. The Morgan fingerprint density at radius 2 is 2.05 bits per heavy atom. The minimum atomic E-state index is 0.588. The number of aryl methyl sites for hydroxylation is 2. The van der Waals surface area contributed by atoms with Gasteiger partial charge < -0.3 is 5.32 Å². The topological polar surface area (TPSA) is 15.3 Å². The van der Waals surface area contributed by atoms with Crippen LogP contribution in [0.4, 0.5) is 0 Å². The van der Waals surface area contributed by atoms with Gasteiger partial charge >= 0.3 is 0 Å². The lowest BCUT2D eigenvalue weighted by Crippen LogP contribution is -2.49. The van der Waals surface area contributed by atoms with Gasteiger partial charge in [0.05, 0.1) is 0 Å². The van der Waals surface area contributed by atoms with Crippen molar-refractivity contribution in [2.75, 3.05) is 13.6 Å². The Morgan fingerprint density at radius 3 is 2.90 bits per heavy atom. The zero-order valence-electron chi connectivity index (χ0n) is 13.0. The zero-order chi connectivity index (χ0) is 13.9. The molecular formula is C18H28N2. The van der Waals surface area contributed by atoms with E-state index in [9.17, 15) is 0 Å². The normalized spacial score (nSPS) is 24.6. The first-order valence-corrected chi connectivity index (χ1v) is 8.30. The van der Waals surface area contributed by atoms with Gasteiger partial charge in [-0.05, 0) is 69.3 Å². The summed E-state index contributed by atoms with van der Waals surface area (Å²) >= 11 is 0. The number of hydrogen-bond acceptors (Lipinski definition) is 2. The number of fused-ring (bicyclic) bond motifs is 1. The fourth-order valence-electron chi connectivity index (χ4n) is 3.93. The molecule has 1 fully saturated rings. The molecule has 2 nitrogen and oxygen atoms in total. The van der Waals surface area contributed by atoms with Crippen LogP contribution < -0.4 is 5.32 Å². The third-order valence-electron chi connectivity index (χ3n) is 5.25. The molecule has 110 valence electrons. The number of hydrogen-bond donors (Lipinski definition) is 1. The van der Waals surface area contributed by atoms with Crippen LogP contribution in [0.3, 0.4) is 0 Å². The summed E-state index contributed by atoms with van der Waals surface area (Å²) in [5, 5.41) is 3.45. The molecule has 0 saturated carbocycles. The number of benzene rings is 1. The van der Waals surface area contributed by atoms with Crippen LogP contribution in [0.5, 0.6) is 0 Å². The lowest BCUT2D eigenvalue weighted by molar-refractivity contribution is 0.114. The predicted octanol–water partition coefficient (Wildman–Crippen LogP) is 3.14. The second-order valence-corrected chi connectivity index (χ2v) is 6.57. The van der Waals surface area contributed by atoms with E-state index in [2.05, 4.69) is 42.4 Å². The zero-order valence-corrected chi connectivity index (χ0v) is 13.0. The minimum Gasteiger partial charge on any atom is -0.316 e. The third kappa shape index (κ3) is 2.91. The van der Waals surface area contributed by atoms with E-state index in [0.717, 1.165) is 6.54 Å². The van der Waals surface area contributed by atoms with Crippen molar-refractivity contribution in [2.24, 2.45) is 0 Å². The quantitative estimate of drug-likeness (QED) is 0.906. The van der Waals surface area contributed by atoms with Gasteiger partial charge in [0.25, 0.3) is 0 Å². The summed E-state index contributed by atoms with van der Waals surface area (Å²) in [5.41, 5.74) is 4.71. The van der Waals surface area contributed by atoms with Crippen LogP contribution in [0.15, 0.2) is 18.2 Å². The van der Waals surface area contributed by atoms with Gasteiger partial charge in [0.1, 0.15) is 0 Å². The summed E-state index contributed by atoms with van der Waals surface area (Å²) in [5.74, 6) is 0. The maximum atomic E-state index is 3.45. The molecule has 1 saturated heterocycles. The summed E-state index contributed by atoms with van der Waals surface area (Å²) in [7, 11) is 2.09. The molecule has 1 N–H and O–H groups in total. The first-order chi connectivity index (χ1) is 9.78. The molecule has 1 aromatic rings. The summed E-state index contributed by atoms with van der Waals surface area (Å²) in [4.78, 5) is 2.70. The van der Waals surface area contributed by atoms with Crippen molar-refractivity contribution < 1.29 is 0 Å².